The third kappa shape index (κ3) is 4.05. The first kappa shape index (κ1) is 24.1. The Kier molecular flexibility index (Phi) is 6.63. The molecule has 1 aliphatic carbocycles. The van der Waals surface area contributed by atoms with Gasteiger partial charge in [0, 0.05) is 17.9 Å². The van der Waals surface area contributed by atoms with Crippen LogP contribution in [0.3, 0.4) is 0 Å². The van der Waals surface area contributed by atoms with E-state index < -0.39 is 29.5 Å². The van der Waals surface area contributed by atoms with E-state index in [1.54, 1.807) is 19.1 Å². The van der Waals surface area contributed by atoms with Crippen molar-refractivity contribution >= 4 is 17.7 Å². The largest absolute Gasteiger partial charge is 0.448 e. The molecule has 180 valence electrons. The minimum atomic E-state index is -1.55. The second-order valence-electron chi connectivity index (χ2n) is 9.92. The van der Waals surface area contributed by atoms with E-state index in [4.69, 9.17) is 4.74 Å². The summed E-state index contributed by atoms with van der Waals surface area (Å²) in [6, 6.07) is 9.57. The summed E-state index contributed by atoms with van der Waals surface area (Å²) in [5.41, 5.74) is 0.632. The first-order valence-corrected chi connectivity index (χ1v) is 12.0. The number of aliphatic hydroxyl groups excluding tert-OH is 1. The lowest BCUT2D eigenvalue weighted by Crippen LogP contribution is -2.61. The quantitative estimate of drug-likeness (QED) is 0.519. The fraction of sp³-hybridized carbons (Fsp3) is 0.464. The number of hydrogen-bond donors (Lipinski definition) is 2. The maximum Gasteiger partial charge on any atom is 0.310 e. The SMILES string of the molecule is C=C1C(C)C2C(Cc3ccccc3)NC(=O)C23OC(=O)CC=C(C)C(=O)C(C)CC=CC3C1O. The summed E-state index contributed by atoms with van der Waals surface area (Å²) in [7, 11) is 0. The highest BCUT2D eigenvalue weighted by molar-refractivity contribution is 5.97. The van der Waals surface area contributed by atoms with E-state index in [0.717, 1.165) is 5.56 Å². The normalized spacial score (nSPS) is 36.4. The number of hydrogen-bond acceptors (Lipinski definition) is 5. The molecule has 0 bridgehead atoms. The Morgan fingerprint density at radius 1 is 1.18 bits per heavy atom. The molecular weight excluding hydrogens is 430 g/mol. The van der Waals surface area contributed by atoms with Crippen LogP contribution in [0.2, 0.25) is 0 Å². The van der Waals surface area contributed by atoms with Crippen LogP contribution < -0.4 is 5.32 Å². The number of ketones is 1. The molecule has 1 spiro atoms. The molecule has 1 aromatic rings. The van der Waals surface area contributed by atoms with Gasteiger partial charge in [0.2, 0.25) is 5.60 Å². The van der Waals surface area contributed by atoms with E-state index in [0.29, 0.717) is 24.0 Å². The summed E-state index contributed by atoms with van der Waals surface area (Å²) >= 11 is 0. The van der Waals surface area contributed by atoms with E-state index in [1.165, 1.54) is 0 Å². The zero-order valence-corrected chi connectivity index (χ0v) is 20.0. The van der Waals surface area contributed by atoms with Crippen LogP contribution in [0.4, 0.5) is 0 Å². The molecule has 0 radical (unpaired) electrons. The van der Waals surface area contributed by atoms with Gasteiger partial charge in [0.15, 0.2) is 5.78 Å². The Hall–Kier alpha value is -2.99. The van der Waals surface area contributed by atoms with Gasteiger partial charge in [0.05, 0.1) is 18.4 Å². The van der Waals surface area contributed by atoms with Gasteiger partial charge in [-0.05, 0) is 42.4 Å². The molecule has 34 heavy (non-hydrogen) atoms. The molecule has 1 amide bonds. The van der Waals surface area contributed by atoms with Gasteiger partial charge in [-0.1, -0.05) is 69.0 Å². The van der Waals surface area contributed by atoms with Gasteiger partial charge in [-0.15, -0.1) is 0 Å². The van der Waals surface area contributed by atoms with E-state index in [2.05, 4.69) is 11.9 Å². The number of Topliss-reactive ketones (excluding diaryl/α,β-unsaturated/α-hetero) is 1. The standard InChI is InChI=1S/C28H33NO5/c1-16-9-8-12-21-26(32)19(4)18(3)24-22(15-20-10-6-5-7-11-20)29-27(33)28(21,24)34-23(30)14-13-17(2)25(16)31/h5-8,10-13,16,18,21-22,24,26,32H,4,9,14-15H2,1-3H3,(H,29,33). The fourth-order valence-electron chi connectivity index (χ4n) is 5.85. The molecule has 2 aliphatic heterocycles. The maximum atomic E-state index is 13.7. The molecule has 2 heterocycles. The molecule has 6 heteroatoms. The first-order chi connectivity index (χ1) is 16.2. The molecule has 1 saturated carbocycles. The molecule has 7 unspecified atom stereocenters. The van der Waals surface area contributed by atoms with Gasteiger partial charge in [0.1, 0.15) is 0 Å². The van der Waals surface area contributed by atoms with Gasteiger partial charge in [0.25, 0.3) is 5.91 Å². The lowest BCUT2D eigenvalue weighted by molar-refractivity contribution is -0.185. The van der Waals surface area contributed by atoms with Gasteiger partial charge in [-0.25, -0.2) is 0 Å². The van der Waals surface area contributed by atoms with Gasteiger partial charge in [-0.2, -0.15) is 0 Å². The summed E-state index contributed by atoms with van der Waals surface area (Å²) in [5.74, 6) is -2.74. The number of esters is 1. The summed E-state index contributed by atoms with van der Waals surface area (Å²) in [6.07, 6.45) is 5.00. The summed E-state index contributed by atoms with van der Waals surface area (Å²) in [6.45, 7) is 9.62. The Morgan fingerprint density at radius 3 is 2.59 bits per heavy atom. The maximum absolute atomic E-state index is 13.7. The van der Waals surface area contributed by atoms with Crippen molar-refractivity contribution in [1.82, 2.24) is 5.32 Å². The molecule has 1 saturated heterocycles. The summed E-state index contributed by atoms with van der Waals surface area (Å²) < 4.78 is 6.06. The van der Waals surface area contributed by atoms with E-state index in [-0.39, 0.29) is 36.0 Å². The third-order valence-electron chi connectivity index (χ3n) is 7.76. The van der Waals surface area contributed by atoms with Crippen molar-refractivity contribution in [3.05, 3.63) is 71.8 Å². The molecule has 0 aromatic heterocycles. The van der Waals surface area contributed by atoms with Crippen molar-refractivity contribution < 1.29 is 24.2 Å². The molecule has 4 rings (SSSR count). The van der Waals surface area contributed by atoms with Crippen molar-refractivity contribution in [2.75, 3.05) is 0 Å². The number of carbonyl (C=O) groups is 3. The van der Waals surface area contributed by atoms with E-state index in [1.807, 2.05) is 50.3 Å². The predicted octanol–water partition coefficient (Wildman–Crippen LogP) is 3.31. The molecule has 2 N–H and O–H groups in total. The Bertz CT molecular complexity index is 1060. The van der Waals surface area contributed by atoms with Gasteiger partial charge in [-0.3, -0.25) is 14.4 Å². The first-order valence-electron chi connectivity index (χ1n) is 12.0. The summed E-state index contributed by atoms with van der Waals surface area (Å²) in [5, 5.41) is 14.3. The number of amides is 1. The van der Waals surface area contributed by atoms with Crippen molar-refractivity contribution in [2.45, 2.75) is 57.8 Å². The van der Waals surface area contributed by atoms with Crippen molar-refractivity contribution in [2.24, 2.45) is 23.7 Å². The molecule has 1 aromatic carbocycles. The predicted molar refractivity (Wildman–Crippen MR) is 128 cm³/mol. The van der Waals surface area contributed by atoms with E-state index >= 15 is 0 Å². The lowest BCUT2D eigenvalue weighted by Gasteiger charge is -2.49. The highest BCUT2D eigenvalue weighted by Crippen LogP contribution is 2.52. The average Bonchev–Trinajstić information content (AvgIpc) is 3.08. The minimum Gasteiger partial charge on any atom is -0.448 e. The number of allylic oxidation sites excluding steroid dienone is 2. The number of nitrogens with one attached hydrogen (secondary N) is 1. The van der Waals surface area contributed by atoms with Crippen LogP contribution in [0.1, 0.15) is 39.2 Å². The number of carbonyl (C=O) groups excluding carboxylic acids is 3. The smallest absolute Gasteiger partial charge is 0.310 e. The van der Waals surface area contributed by atoms with Crippen LogP contribution in [-0.4, -0.2) is 40.5 Å². The van der Waals surface area contributed by atoms with Gasteiger partial charge >= 0.3 is 5.97 Å². The van der Waals surface area contributed by atoms with E-state index in [9.17, 15) is 19.5 Å². The summed E-state index contributed by atoms with van der Waals surface area (Å²) in [4.78, 5) is 39.3. The highest BCUT2D eigenvalue weighted by Gasteiger charge is 2.67. The number of benzene rings is 1. The highest BCUT2D eigenvalue weighted by atomic mass is 16.6. The van der Waals surface area contributed by atoms with Crippen molar-refractivity contribution in [1.29, 1.82) is 0 Å². The van der Waals surface area contributed by atoms with Crippen LogP contribution in [0, 0.1) is 23.7 Å². The second-order valence-corrected chi connectivity index (χ2v) is 9.92. The zero-order chi connectivity index (χ0) is 24.6. The third-order valence-corrected chi connectivity index (χ3v) is 7.76. The molecular formula is C28H33NO5. The Labute approximate surface area is 200 Å². The Morgan fingerprint density at radius 2 is 1.88 bits per heavy atom. The van der Waals surface area contributed by atoms with Gasteiger partial charge < -0.3 is 15.2 Å². The monoisotopic (exact) mass is 463 g/mol. The van der Waals surface area contributed by atoms with Crippen LogP contribution in [-0.2, 0) is 25.5 Å². The van der Waals surface area contributed by atoms with Crippen molar-refractivity contribution in [3.8, 4) is 0 Å². The molecule has 2 fully saturated rings. The lowest BCUT2D eigenvalue weighted by atomic mass is 9.59. The molecule has 7 atom stereocenters. The number of aliphatic hydroxyl groups is 1. The molecule has 3 aliphatic rings. The number of ether oxygens (including phenoxy) is 1. The molecule has 6 nitrogen and oxygen atoms in total. The average molecular weight is 464 g/mol. The zero-order valence-electron chi connectivity index (χ0n) is 20.0. The van der Waals surface area contributed by atoms with Crippen LogP contribution in [0.15, 0.2) is 66.3 Å². The Balaban J connectivity index is 1.80. The topological polar surface area (TPSA) is 92.7 Å². The second kappa shape index (κ2) is 9.34. The minimum absolute atomic E-state index is 0.0330. The van der Waals surface area contributed by atoms with Crippen LogP contribution >= 0.6 is 0 Å². The van der Waals surface area contributed by atoms with Crippen molar-refractivity contribution in [3.63, 3.8) is 0 Å². The van der Waals surface area contributed by atoms with Crippen LogP contribution in [0.5, 0.6) is 0 Å². The fourth-order valence-corrected chi connectivity index (χ4v) is 5.85. The van der Waals surface area contributed by atoms with Crippen LogP contribution in [0.25, 0.3) is 0 Å². The number of rotatable bonds is 2.